The highest BCUT2D eigenvalue weighted by Crippen LogP contribution is 2.38. The second-order valence-corrected chi connectivity index (χ2v) is 7.88. The van der Waals surface area contributed by atoms with Crippen LogP contribution in [0.2, 0.25) is 5.02 Å². The number of carbonyl (C=O) groups excluding carboxylic acids is 1. The first-order valence-electron chi connectivity index (χ1n) is 8.77. The molecule has 0 unspecified atom stereocenters. The Labute approximate surface area is 162 Å². The molecular weight excluding hydrogens is 370 g/mol. The topological polar surface area (TPSA) is 38.8 Å². The Kier molecular flexibility index (Phi) is 4.92. The van der Waals surface area contributed by atoms with Crippen molar-refractivity contribution in [1.29, 1.82) is 0 Å². The summed E-state index contributed by atoms with van der Waals surface area (Å²) in [6.45, 7) is 4.03. The third-order valence-corrected chi connectivity index (χ3v) is 6.08. The van der Waals surface area contributed by atoms with Crippen LogP contribution in [0.3, 0.4) is 0 Å². The van der Waals surface area contributed by atoms with Gasteiger partial charge in [-0.05, 0) is 54.1 Å². The highest BCUT2D eigenvalue weighted by molar-refractivity contribution is 7.10. The van der Waals surface area contributed by atoms with Crippen molar-refractivity contribution in [3.05, 3.63) is 50.7 Å². The fourth-order valence-electron chi connectivity index (χ4n) is 3.42. The third kappa shape index (κ3) is 3.33. The van der Waals surface area contributed by atoms with Crippen molar-refractivity contribution < 1.29 is 14.3 Å². The number of thiophene rings is 1. The average molecular weight is 390 g/mol. The highest BCUT2D eigenvalue weighted by Gasteiger charge is 2.27. The van der Waals surface area contributed by atoms with Gasteiger partial charge in [0.1, 0.15) is 0 Å². The number of hydrogen-bond acceptors (Lipinski definition) is 4. The van der Waals surface area contributed by atoms with Crippen LogP contribution in [0.15, 0.2) is 29.7 Å². The lowest BCUT2D eigenvalue weighted by molar-refractivity contribution is -0.128. The van der Waals surface area contributed by atoms with Crippen molar-refractivity contribution in [2.45, 2.75) is 25.8 Å². The molecule has 1 amide bonds. The third-order valence-electron chi connectivity index (χ3n) is 4.80. The molecule has 1 atom stereocenters. The molecule has 0 aliphatic carbocycles. The summed E-state index contributed by atoms with van der Waals surface area (Å²) in [5.41, 5.74) is 2.09. The molecule has 0 bridgehead atoms. The Hall–Kier alpha value is -1.98. The van der Waals surface area contributed by atoms with Crippen LogP contribution in [0, 0.1) is 0 Å². The molecule has 0 saturated heterocycles. The number of carbonyl (C=O) groups is 1. The maximum atomic E-state index is 12.7. The Morgan fingerprint density at radius 1 is 1.35 bits per heavy atom. The molecule has 136 valence electrons. The minimum absolute atomic E-state index is 0.0117. The number of hydrogen-bond donors (Lipinski definition) is 0. The predicted molar refractivity (Wildman–Crippen MR) is 104 cm³/mol. The van der Waals surface area contributed by atoms with Crippen LogP contribution in [0.5, 0.6) is 11.5 Å². The lowest BCUT2D eigenvalue weighted by Gasteiger charge is -2.32. The fourth-order valence-corrected chi connectivity index (χ4v) is 4.66. The van der Waals surface area contributed by atoms with Crippen LogP contribution in [-0.4, -0.2) is 30.6 Å². The fraction of sp³-hybridized carbons (Fsp3) is 0.350. The number of amides is 1. The molecule has 1 aromatic heterocycles. The number of benzene rings is 1. The summed E-state index contributed by atoms with van der Waals surface area (Å²) < 4.78 is 11.3. The summed E-state index contributed by atoms with van der Waals surface area (Å²) in [7, 11) is 0. The molecule has 2 aliphatic heterocycles. The smallest absolute Gasteiger partial charge is 0.247 e. The van der Waals surface area contributed by atoms with Crippen molar-refractivity contribution in [3.63, 3.8) is 0 Å². The van der Waals surface area contributed by atoms with Gasteiger partial charge in [-0.2, -0.15) is 0 Å². The van der Waals surface area contributed by atoms with Gasteiger partial charge in [-0.1, -0.05) is 11.6 Å². The number of halogens is 1. The second-order valence-electron chi connectivity index (χ2n) is 6.47. The van der Waals surface area contributed by atoms with Gasteiger partial charge in [-0.3, -0.25) is 4.79 Å². The van der Waals surface area contributed by atoms with Crippen molar-refractivity contribution >= 4 is 34.9 Å². The van der Waals surface area contributed by atoms with Gasteiger partial charge in [0.05, 0.1) is 24.3 Å². The predicted octanol–water partition coefficient (Wildman–Crippen LogP) is 4.72. The van der Waals surface area contributed by atoms with Gasteiger partial charge in [0.25, 0.3) is 0 Å². The molecule has 1 aromatic carbocycles. The van der Waals surface area contributed by atoms with Crippen LogP contribution in [-0.2, 0) is 11.2 Å². The van der Waals surface area contributed by atoms with Crippen LogP contribution >= 0.6 is 22.9 Å². The first-order valence-corrected chi connectivity index (χ1v) is 10.0. The van der Waals surface area contributed by atoms with Gasteiger partial charge in [-0.25, -0.2) is 0 Å². The largest absolute Gasteiger partial charge is 0.489 e. The standard InChI is InChI=1S/C20H20ClNO3S/c1-13-15-6-10-26-18(15)5-7-22(13)19(23)4-3-14-11-16(21)20-17(12-14)24-8-2-9-25-20/h3-4,6,10-13H,2,5,7-9H2,1H3/b4-3+/t13-/m0/s1. The molecule has 2 aliphatic rings. The van der Waals surface area contributed by atoms with Gasteiger partial charge >= 0.3 is 0 Å². The Morgan fingerprint density at radius 3 is 3.08 bits per heavy atom. The number of fused-ring (bicyclic) bond motifs is 2. The van der Waals surface area contributed by atoms with Crippen molar-refractivity contribution in [3.8, 4) is 11.5 Å². The normalized spacial score (nSPS) is 19.3. The molecule has 2 aromatic rings. The van der Waals surface area contributed by atoms with Crippen molar-refractivity contribution in [2.24, 2.45) is 0 Å². The van der Waals surface area contributed by atoms with E-state index in [9.17, 15) is 4.79 Å². The number of nitrogens with zero attached hydrogens (tertiary/aromatic N) is 1. The summed E-state index contributed by atoms with van der Waals surface area (Å²) in [4.78, 5) is 16.0. The second kappa shape index (κ2) is 7.33. The molecule has 6 heteroatoms. The van der Waals surface area contributed by atoms with E-state index in [1.54, 1.807) is 29.6 Å². The molecule has 0 fully saturated rings. The van der Waals surface area contributed by atoms with Crippen LogP contribution < -0.4 is 9.47 Å². The maximum absolute atomic E-state index is 12.7. The van der Waals surface area contributed by atoms with E-state index in [1.165, 1.54) is 10.4 Å². The van der Waals surface area contributed by atoms with Gasteiger partial charge < -0.3 is 14.4 Å². The van der Waals surface area contributed by atoms with Crippen LogP contribution in [0.25, 0.3) is 6.08 Å². The van der Waals surface area contributed by atoms with E-state index in [-0.39, 0.29) is 11.9 Å². The van der Waals surface area contributed by atoms with Gasteiger partial charge in [0.2, 0.25) is 5.91 Å². The SMILES string of the molecule is C[C@H]1c2ccsc2CCN1C(=O)/C=C/c1cc(Cl)c2c(c1)OCCCO2. The van der Waals surface area contributed by atoms with Gasteiger partial charge in [0, 0.05) is 23.9 Å². The van der Waals surface area contributed by atoms with E-state index in [0.717, 1.165) is 24.9 Å². The minimum Gasteiger partial charge on any atom is -0.489 e. The molecule has 0 saturated carbocycles. The van der Waals surface area contributed by atoms with E-state index < -0.39 is 0 Å². The molecule has 4 rings (SSSR count). The molecule has 0 N–H and O–H groups in total. The number of rotatable bonds is 2. The summed E-state index contributed by atoms with van der Waals surface area (Å²) in [6, 6.07) is 5.90. The zero-order valence-electron chi connectivity index (χ0n) is 14.5. The van der Waals surface area contributed by atoms with E-state index in [1.807, 2.05) is 11.0 Å². The number of ether oxygens (including phenoxy) is 2. The maximum Gasteiger partial charge on any atom is 0.247 e. The summed E-state index contributed by atoms with van der Waals surface area (Å²) in [5, 5.41) is 2.61. The minimum atomic E-state index is 0.0117. The summed E-state index contributed by atoms with van der Waals surface area (Å²) in [6.07, 6.45) is 5.15. The molecule has 0 radical (unpaired) electrons. The van der Waals surface area contributed by atoms with Crippen molar-refractivity contribution in [2.75, 3.05) is 19.8 Å². The molecular formula is C20H20ClNO3S. The van der Waals surface area contributed by atoms with E-state index >= 15 is 0 Å². The first-order chi connectivity index (χ1) is 12.6. The molecule has 26 heavy (non-hydrogen) atoms. The van der Waals surface area contributed by atoms with E-state index in [0.29, 0.717) is 29.7 Å². The Balaban J connectivity index is 1.52. The van der Waals surface area contributed by atoms with E-state index in [2.05, 4.69) is 18.4 Å². The molecule has 0 spiro atoms. The zero-order valence-corrected chi connectivity index (χ0v) is 16.1. The average Bonchev–Trinajstić information content (AvgIpc) is 2.98. The lowest BCUT2D eigenvalue weighted by Crippen LogP contribution is -2.37. The van der Waals surface area contributed by atoms with Crippen LogP contribution in [0.1, 0.15) is 35.4 Å². The highest BCUT2D eigenvalue weighted by atomic mass is 35.5. The monoisotopic (exact) mass is 389 g/mol. The summed E-state index contributed by atoms with van der Waals surface area (Å²) in [5.74, 6) is 1.23. The Morgan fingerprint density at radius 2 is 2.19 bits per heavy atom. The van der Waals surface area contributed by atoms with Gasteiger partial charge in [0.15, 0.2) is 11.5 Å². The zero-order chi connectivity index (χ0) is 18.1. The lowest BCUT2D eigenvalue weighted by atomic mass is 10.0. The summed E-state index contributed by atoms with van der Waals surface area (Å²) >= 11 is 8.09. The van der Waals surface area contributed by atoms with Gasteiger partial charge in [-0.15, -0.1) is 11.3 Å². The van der Waals surface area contributed by atoms with Crippen LogP contribution in [0.4, 0.5) is 0 Å². The molecule has 3 heterocycles. The molecule has 4 nitrogen and oxygen atoms in total. The van der Waals surface area contributed by atoms with Crippen molar-refractivity contribution in [1.82, 2.24) is 4.90 Å². The van der Waals surface area contributed by atoms with E-state index in [4.69, 9.17) is 21.1 Å². The first kappa shape index (κ1) is 17.4. The quantitative estimate of drug-likeness (QED) is 0.697. The Bertz CT molecular complexity index is 861.